The van der Waals surface area contributed by atoms with Crippen LogP contribution < -0.4 is 0 Å². The quantitative estimate of drug-likeness (QED) is 0.808. The zero-order valence-electron chi connectivity index (χ0n) is 14.1. The molecular formula is C16H21F3N2O3S. The number of halogens is 3. The topological polar surface area (TPSA) is 57.7 Å². The van der Waals surface area contributed by atoms with Crippen LogP contribution >= 0.6 is 0 Å². The molecule has 9 heteroatoms. The third-order valence-corrected chi connectivity index (χ3v) is 5.65. The van der Waals surface area contributed by atoms with E-state index in [1.165, 1.54) is 21.3 Å². The van der Waals surface area contributed by atoms with E-state index in [9.17, 15) is 26.4 Å². The molecular weight excluding hydrogens is 357 g/mol. The van der Waals surface area contributed by atoms with Gasteiger partial charge in [0.15, 0.2) is 0 Å². The Morgan fingerprint density at radius 1 is 1.20 bits per heavy atom. The Kier molecular flexibility index (Phi) is 5.78. The van der Waals surface area contributed by atoms with Gasteiger partial charge in [0.05, 0.1) is 11.8 Å². The van der Waals surface area contributed by atoms with Crippen LogP contribution in [-0.4, -0.2) is 49.9 Å². The molecule has 2 rings (SSSR count). The lowest BCUT2D eigenvalue weighted by Gasteiger charge is -2.31. The number of hydrogen-bond donors (Lipinski definition) is 0. The molecule has 0 aliphatic carbocycles. The van der Waals surface area contributed by atoms with Crippen molar-refractivity contribution in [2.24, 2.45) is 5.92 Å². The molecule has 140 valence electrons. The molecule has 1 aromatic carbocycles. The molecule has 0 atom stereocenters. The molecule has 1 aliphatic heterocycles. The van der Waals surface area contributed by atoms with E-state index < -0.39 is 21.8 Å². The number of rotatable bonds is 4. The lowest BCUT2D eigenvalue weighted by atomic mass is 9.96. The van der Waals surface area contributed by atoms with Gasteiger partial charge in [0, 0.05) is 32.6 Å². The number of sulfonamides is 1. The van der Waals surface area contributed by atoms with E-state index in [1.54, 1.807) is 7.05 Å². The third kappa shape index (κ3) is 5.18. The Morgan fingerprint density at radius 3 is 2.16 bits per heavy atom. The summed E-state index contributed by atoms with van der Waals surface area (Å²) in [5.41, 5.74) is -0.115. The van der Waals surface area contributed by atoms with Crippen LogP contribution in [0.15, 0.2) is 24.3 Å². The summed E-state index contributed by atoms with van der Waals surface area (Å²) in [5, 5.41) is 0. The maximum Gasteiger partial charge on any atom is 0.416 e. The summed E-state index contributed by atoms with van der Waals surface area (Å²) in [5.74, 6) is -0.384. The molecule has 1 aromatic rings. The highest BCUT2D eigenvalue weighted by Crippen LogP contribution is 2.29. The van der Waals surface area contributed by atoms with Gasteiger partial charge >= 0.3 is 6.18 Å². The first-order valence-corrected chi connectivity index (χ1v) is 9.69. The first-order chi connectivity index (χ1) is 11.5. The minimum absolute atomic E-state index is 0.118. The molecule has 0 aromatic heterocycles. The van der Waals surface area contributed by atoms with Gasteiger partial charge in [-0.15, -0.1) is 0 Å². The van der Waals surface area contributed by atoms with Crippen LogP contribution in [0.4, 0.5) is 13.2 Å². The lowest BCUT2D eigenvalue weighted by Crippen LogP contribution is -2.42. The van der Waals surface area contributed by atoms with Crippen LogP contribution in [0.1, 0.15) is 24.0 Å². The summed E-state index contributed by atoms with van der Waals surface area (Å²) in [7, 11) is -1.64. The SMILES string of the molecule is CN(Cc1ccc(C(F)(F)F)cc1)C(=O)C1CCN(S(C)(=O)=O)CC1. The molecule has 1 aliphatic rings. The number of hydrogen-bond acceptors (Lipinski definition) is 3. The zero-order valence-corrected chi connectivity index (χ0v) is 14.9. The standard InChI is InChI=1S/C16H21F3N2O3S/c1-20(11-12-3-5-14(6-4-12)16(17,18)19)15(22)13-7-9-21(10-8-13)25(2,23)24/h3-6,13H,7-11H2,1-2H3. The predicted molar refractivity (Wildman–Crippen MR) is 87.1 cm³/mol. The number of piperidine rings is 1. The largest absolute Gasteiger partial charge is 0.416 e. The molecule has 1 heterocycles. The van der Waals surface area contributed by atoms with Gasteiger partial charge in [-0.25, -0.2) is 12.7 Å². The van der Waals surface area contributed by atoms with Crippen LogP contribution in [0, 0.1) is 5.92 Å². The third-order valence-electron chi connectivity index (χ3n) is 4.35. The maximum atomic E-state index is 12.6. The van der Waals surface area contributed by atoms with Crippen LogP contribution in [0.3, 0.4) is 0 Å². The van der Waals surface area contributed by atoms with E-state index in [1.807, 2.05) is 0 Å². The second kappa shape index (κ2) is 7.33. The van der Waals surface area contributed by atoms with E-state index in [2.05, 4.69) is 0 Å². The van der Waals surface area contributed by atoms with E-state index in [4.69, 9.17) is 0 Å². The number of carbonyl (C=O) groups is 1. The lowest BCUT2D eigenvalue weighted by molar-refractivity contribution is -0.138. The molecule has 0 bridgehead atoms. The fraction of sp³-hybridized carbons (Fsp3) is 0.562. The molecule has 0 N–H and O–H groups in total. The minimum Gasteiger partial charge on any atom is -0.341 e. The van der Waals surface area contributed by atoms with E-state index in [-0.39, 0.29) is 18.4 Å². The Bertz CT molecular complexity index is 709. The predicted octanol–water partition coefficient (Wildman–Crippen LogP) is 2.34. The highest BCUT2D eigenvalue weighted by Gasteiger charge is 2.31. The highest BCUT2D eigenvalue weighted by molar-refractivity contribution is 7.88. The Labute approximate surface area is 145 Å². The van der Waals surface area contributed by atoms with Crippen molar-refractivity contribution >= 4 is 15.9 Å². The summed E-state index contributed by atoms with van der Waals surface area (Å²) in [6.45, 7) is 0.829. The molecule has 1 saturated heterocycles. The van der Waals surface area contributed by atoms with Crippen molar-refractivity contribution in [3.63, 3.8) is 0 Å². The summed E-state index contributed by atoms with van der Waals surface area (Å²) in [6.07, 6.45) is -2.34. The van der Waals surface area contributed by atoms with Gasteiger partial charge in [0.25, 0.3) is 0 Å². The summed E-state index contributed by atoms with van der Waals surface area (Å²) in [6, 6.07) is 4.72. The smallest absolute Gasteiger partial charge is 0.341 e. The van der Waals surface area contributed by atoms with Crippen molar-refractivity contribution in [1.82, 2.24) is 9.21 Å². The normalized spacial score (nSPS) is 17.5. The van der Waals surface area contributed by atoms with Crippen LogP contribution in [-0.2, 0) is 27.5 Å². The molecule has 1 amide bonds. The molecule has 1 fully saturated rings. The van der Waals surface area contributed by atoms with Crippen LogP contribution in [0.5, 0.6) is 0 Å². The van der Waals surface area contributed by atoms with Crippen molar-refractivity contribution in [2.75, 3.05) is 26.4 Å². The van der Waals surface area contributed by atoms with Gasteiger partial charge in [-0.05, 0) is 30.5 Å². The molecule has 0 unspecified atom stereocenters. The summed E-state index contributed by atoms with van der Waals surface area (Å²) < 4.78 is 62.0. The van der Waals surface area contributed by atoms with Crippen molar-refractivity contribution < 1.29 is 26.4 Å². The van der Waals surface area contributed by atoms with Gasteiger partial charge in [-0.2, -0.15) is 13.2 Å². The van der Waals surface area contributed by atoms with Gasteiger partial charge < -0.3 is 4.90 Å². The molecule has 0 saturated carbocycles. The zero-order chi connectivity index (χ0) is 18.8. The van der Waals surface area contributed by atoms with E-state index in [0.717, 1.165) is 18.4 Å². The van der Waals surface area contributed by atoms with Crippen molar-refractivity contribution in [3.8, 4) is 0 Å². The average molecular weight is 378 g/mol. The fourth-order valence-corrected chi connectivity index (χ4v) is 3.77. The number of carbonyl (C=O) groups excluding carboxylic acids is 1. The van der Waals surface area contributed by atoms with Gasteiger partial charge in [0.2, 0.25) is 15.9 Å². The molecule has 25 heavy (non-hydrogen) atoms. The van der Waals surface area contributed by atoms with E-state index >= 15 is 0 Å². The maximum absolute atomic E-state index is 12.6. The highest BCUT2D eigenvalue weighted by atomic mass is 32.2. The van der Waals surface area contributed by atoms with Crippen LogP contribution in [0.25, 0.3) is 0 Å². The second-order valence-corrected chi connectivity index (χ2v) is 8.31. The van der Waals surface area contributed by atoms with Crippen molar-refractivity contribution in [1.29, 1.82) is 0 Å². The molecule has 5 nitrogen and oxygen atoms in total. The number of nitrogens with zero attached hydrogens (tertiary/aromatic N) is 2. The number of benzene rings is 1. The van der Waals surface area contributed by atoms with Gasteiger partial charge in [-0.1, -0.05) is 12.1 Å². The van der Waals surface area contributed by atoms with Crippen molar-refractivity contribution in [3.05, 3.63) is 35.4 Å². The Morgan fingerprint density at radius 2 is 1.72 bits per heavy atom. The fourth-order valence-electron chi connectivity index (χ4n) is 2.90. The average Bonchev–Trinajstić information content (AvgIpc) is 2.53. The molecule has 0 spiro atoms. The summed E-state index contributed by atoms with van der Waals surface area (Å²) in [4.78, 5) is 13.9. The Hall–Kier alpha value is -1.61. The molecule has 0 radical (unpaired) electrons. The van der Waals surface area contributed by atoms with Crippen LogP contribution in [0.2, 0.25) is 0 Å². The monoisotopic (exact) mass is 378 g/mol. The van der Waals surface area contributed by atoms with E-state index in [0.29, 0.717) is 31.5 Å². The number of amides is 1. The number of alkyl halides is 3. The second-order valence-electron chi connectivity index (χ2n) is 6.33. The Balaban J connectivity index is 1.93. The first kappa shape index (κ1) is 19.7. The van der Waals surface area contributed by atoms with Gasteiger partial charge in [0.1, 0.15) is 0 Å². The first-order valence-electron chi connectivity index (χ1n) is 7.84. The van der Waals surface area contributed by atoms with Gasteiger partial charge in [-0.3, -0.25) is 4.79 Å². The van der Waals surface area contributed by atoms with Crippen molar-refractivity contribution in [2.45, 2.75) is 25.6 Å². The minimum atomic E-state index is -4.38. The summed E-state index contributed by atoms with van der Waals surface area (Å²) >= 11 is 0.